The van der Waals surface area contributed by atoms with E-state index in [4.69, 9.17) is 0 Å². The van der Waals surface area contributed by atoms with E-state index in [1.165, 1.54) is 109 Å². The summed E-state index contributed by atoms with van der Waals surface area (Å²) in [6.07, 6.45) is 0. The van der Waals surface area contributed by atoms with E-state index in [2.05, 4.69) is 206 Å². The van der Waals surface area contributed by atoms with E-state index in [0.29, 0.717) is 0 Å². The van der Waals surface area contributed by atoms with Crippen LogP contribution in [0.15, 0.2) is 206 Å². The van der Waals surface area contributed by atoms with Crippen molar-refractivity contribution in [3.05, 3.63) is 206 Å². The van der Waals surface area contributed by atoms with E-state index >= 15 is 0 Å². The summed E-state index contributed by atoms with van der Waals surface area (Å²) in [4.78, 5) is 0. The zero-order valence-electron chi connectivity index (χ0n) is 29.6. The Hall–Kier alpha value is -7.02. The third-order valence-electron chi connectivity index (χ3n) is 11.3. The SMILES string of the molecule is c1ccc(-c2c(-c3ccccc3)c3c(ccc4c5cc6ccccc6cc5c(-c5ccccc5)c(-c5ccccc5)c43)c3cc4ccccc4cc23)cc1. The molecule has 0 amide bonds. The fourth-order valence-corrected chi connectivity index (χ4v) is 9.03. The lowest BCUT2D eigenvalue weighted by Crippen LogP contribution is -1.97. The van der Waals surface area contributed by atoms with Gasteiger partial charge in [-0.3, -0.25) is 0 Å². The summed E-state index contributed by atoms with van der Waals surface area (Å²) in [5, 5.41) is 15.1. The molecule has 0 heterocycles. The molecule has 11 rings (SSSR count). The summed E-state index contributed by atoms with van der Waals surface area (Å²) in [6, 6.07) is 76.3. The molecule has 0 heteroatoms. The fraction of sp³-hybridized carbons (Fsp3) is 0. The predicted molar refractivity (Wildman–Crippen MR) is 233 cm³/mol. The Kier molecular flexibility index (Phi) is 6.97. The van der Waals surface area contributed by atoms with Gasteiger partial charge in [0.1, 0.15) is 0 Å². The summed E-state index contributed by atoms with van der Waals surface area (Å²) in [5.41, 5.74) is 9.91. The third kappa shape index (κ3) is 4.71. The van der Waals surface area contributed by atoms with Gasteiger partial charge in [-0.1, -0.05) is 182 Å². The second kappa shape index (κ2) is 12.3. The molecule has 0 bridgehead atoms. The van der Waals surface area contributed by atoms with Crippen molar-refractivity contribution in [2.45, 2.75) is 0 Å². The summed E-state index contributed by atoms with van der Waals surface area (Å²) in [5.74, 6) is 0. The standard InChI is InChI=1S/C54H34/c1-5-17-35(18-6-1)49-47-33-41-27-15-13-25-39(41)31-45(47)43-29-30-44-46-32-40-26-14-16-28-42(40)34-48(46)50(36-19-7-2-8-20-36)52(38-23-11-4-12-24-38)54(44)53(43)51(49)37-21-9-3-10-22-37/h1-34H. The Labute approximate surface area is 314 Å². The zero-order valence-corrected chi connectivity index (χ0v) is 29.6. The molecule has 0 spiro atoms. The lowest BCUT2D eigenvalue weighted by Gasteiger charge is -2.24. The molecule has 250 valence electrons. The van der Waals surface area contributed by atoms with Crippen LogP contribution in [0.4, 0.5) is 0 Å². The third-order valence-corrected chi connectivity index (χ3v) is 11.3. The normalized spacial score (nSPS) is 11.7. The molecule has 0 aliphatic heterocycles. The molecule has 54 heavy (non-hydrogen) atoms. The molecule has 11 aromatic carbocycles. The lowest BCUT2D eigenvalue weighted by atomic mass is 9.78. The Balaban J connectivity index is 1.50. The predicted octanol–water partition coefficient (Wildman–Crippen LogP) is 15.3. The van der Waals surface area contributed by atoms with Crippen LogP contribution in [0.1, 0.15) is 0 Å². The van der Waals surface area contributed by atoms with Gasteiger partial charge >= 0.3 is 0 Å². The maximum Gasteiger partial charge on any atom is -0.000741 e. The molecule has 11 aromatic rings. The van der Waals surface area contributed by atoms with E-state index in [1.807, 2.05) is 0 Å². The van der Waals surface area contributed by atoms with Crippen LogP contribution in [0, 0.1) is 0 Å². The Morgan fingerprint density at radius 2 is 0.444 bits per heavy atom. The quantitative estimate of drug-likeness (QED) is 0.128. The number of hydrogen-bond donors (Lipinski definition) is 0. The first-order valence-electron chi connectivity index (χ1n) is 18.8. The monoisotopic (exact) mass is 682 g/mol. The first-order chi connectivity index (χ1) is 26.8. The van der Waals surface area contributed by atoms with Gasteiger partial charge in [-0.2, -0.15) is 0 Å². The zero-order chi connectivity index (χ0) is 35.6. The summed E-state index contributed by atoms with van der Waals surface area (Å²) >= 11 is 0. The van der Waals surface area contributed by atoms with Crippen LogP contribution in [0.25, 0.3) is 109 Å². The van der Waals surface area contributed by atoms with Gasteiger partial charge in [0.15, 0.2) is 0 Å². The van der Waals surface area contributed by atoms with Gasteiger partial charge in [-0.25, -0.2) is 0 Å². The van der Waals surface area contributed by atoms with Crippen molar-refractivity contribution in [1.82, 2.24) is 0 Å². The molecule has 0 nitrogen and oxygen atoms in total. The number of hydrogen-bond acceptors (Lipinski definition) is 0. The molecular weight excluding hydrogens is 649 g/mol. The van der Waals surface area contributed by atoms with Gasteiger partial charge in [0.25, 0.3) is 0 Å². The fourth-order valence-electron chi connectivity index (χ4n) is 9.03. The molecule has 0 saturated carbocycles. The molecule has 0 aliphatic carbocycles. The van der Waals surface area contributed by atoms with Gasteiger partial charge in [0, 0.05) is 0 Å². The molecule has 0 radical (unpaired) electrons. The highest BCUT2D eigenvalue weighted by Gasteiger charge is 2.25. The molecule has 0 unspecified atom stereocenters. The highest BCUT2D eigenvalue weighted by atomic mass is 14.3. The molecular formula is C54H34. The molecule has 0 N–H and O–H groups in total. The van der Waals surface area contributed by atoms with E-state index in [0.717, 1.165) is 0 Å². The van der Waals surface area contributed by atoms with Crippen LogP contribution in [0.3, 0.4) is 0 Å². The largest absolute Gasteiger partial charge is 0.0622 e. The van der Waals surface area contributed by atoms with Crippen LogP contribution in [-0.4, -0.2) is 0 Å². The number of fused-ring (bicyclic) bond motifs is 9. The van der Waals surface area contributed by atoms with Crippen molar-refractivity contribution in [3.63, 3.8) is 0 Å². The summed E-state index contributed by atoms with van der Waals surface area (Å²) in [7, 11) is 0. The summed E-state index contributed by atoms with van der Waals surface area (Å²) in [6.45, 7) is 0. The maximum atomic E-state index is 2.43. The van der Waals surface area contributed by atoms with Crippen LogP contribution >= 0.6 is 0 Å². The van der Waals surface area contributed by atoms with Crippen LogP contribution in [0.2, 0.25) is 0 Å². The lowest BCUT2D eigenvalue weighted by molar-refractivity contribution is 1.62. The Morgan fingerprint density at radius 1 is 0.185 bits per heavy atom. The minimum absolute atomic E-state index is 1.21. The molecule has 0 fully saturated rings. The van der Waals surface area contributed by atoms with Crippen LogP contribution in [0.5, 0.6) is 0 Å². The van der Waals surface area contributed by atoms with Crippen molar-refractivity contribution in [3.8, 4) is 44.5 Å². The van der Waals surface area contributed by atoms with Crippen molar-refractivity contribution >= 4 is 64.6 Å². The molecule has 0 atom stereocenters. The second-order valence-corrected chi connectivity index (χ2v) is 14.4. The van der Waals surface area contributed by atoms with Crippen molar-refractivity contribution in [2.24, 2.45) is 0 Å². The number of rotatable bonds is 4. The van der Waals surface area contributed by atoms with Gasteiger partial charge in [-0.15, -0.1) is 0 Å². The van der Waals surface area contributed by atoms with Gasteiger partial charge in [-0.05, 0) is 133 Å². The average molecular weight is 683 g/mol. The first kappa shape index (κ1) is 30.6. The van der Waals surface area contributed by atoms with Crippen molar-refractivity contribution in [2.75, 3.05) is 0 Å². The minimum atomic E-state index is 1.21. The minimum Gasteiger partial charge on any atom is -0.0622 e. The van der Waals surface area contributed by atoms with Gasteiger partial charge in [0.2, 0.25) is 0 Å². The van der Waals surface area contributed by atoms with Gasteiger partial charge in [0.05, 0.1) is 0 Å². The highest BCUT2D eigenvalue weighted by molar-refractivity contribution is 6.36. The van der Waals surface area contributed by atoms with E-state index in [9.17, 15) is 0 Å². The Bertz CT molecular complexity index is 2990. The molecule has 0 aliphatic rings. The average Bonchev–Trinajstić information content (AvgIpc) is 3.25. The van der Waals surface area contributed by atoms with Gasteiger partial charge < -0.3 is 0 Å². The van der Waals surface area contributed by atoms with Crippen LogP contribution < -0.4 is 0 Å². The maximum absolute atomic E-state index is 2.43. The topological polar surface area (TPSA) is 0 Å². The second-order valence-electron chi connectivity index (χ2n) is 14.4. The Morgan fingerprint density at radius 3 is 0.759 bits per heavy atom. The van der Waals surface area contributed by atoms with Crippen molar-refractivity contribution < 1.29 is 0 Å². The number of benzene rings is 11. The van der Waals surface area contributed by atoms with Crippen molar-refractivity contribution in [1.29, 1.82) is 0 Å². The van der Waals surface area contributed by atoms with E-state index in [1.54, 1.807) is 0 Å². The van der Waals surface area contributed by atoms with Crippen LogP contribution in [-0.2, 0) is 0 Å². The summed E-state index contributed by atoms with van der Waals surface area (Å²) < 4.78 is 0. The molecule has 0 aromatic heterocycles. The van der Waals surface area contributed by atoms with E-state index < -0.39 is 0 Å². The smallest absolute Gasteiger partial charge is 0.000741 e. The highest BCUT2D eigenvalue weighted by Crippen LogP contribution is 2.53. The van der Waals surface area contributed by atoms with E-state index in [-0.39, 0.29) is 0 Å². The first-order valence-corrected chi connectivity index (χ1v) is 18.8. The molecule has 0 saturated heterocycles.